The topological polar surface area (TPSA) is 47.4 Å². The maximum Gasteiger partial charge on any atom is 0.257 e. The third kappa shape index (κ3) is 4.16. The van der Waals surface area contributed by atoms with Crippen molar-refractivity contribution >= 4 is 5.91 Å². The summed E-state index contributed by atoms with van der Waals surface area (Å²) >= 11 is 0. The molecule has 2 atom stereocenters. The number of aromatic nitrogens is 2. The largest absolute Gasteiger partial charge is 0.496 e. The van der Waals surface area contributed by atoms with E-state index < -0.39 is 0 Å². The Morgan fingerprint density at radius 1 is 1.00 bits per heavy atom. The average molecular weight is 430 g/mol. The highest BCUT2D eigenvalue weighted by Crippen LogP contribution is 2.37. The van der Waals surface area contributed by atoms with E-state index in [0.717, 1.165) is 42.3 Å². The lowest BCUT2D eigenvalue weighted by Crippen LogP contribution is -2.44. The van der Waals surface area contributed by atoms with E-state index in [2.05, 4.69) is 17.0 Å². The minimum absolute atomic E-state index is 0.0919. The lowest BCUT2D eigenvalue weighted by Gasteiger charge is -2.41. The van der Waals surface area contributed by atoms with Crippen molar-refractivity contribution in [3.8, 4) is 17.0 Å². The SMILES string of the molecule is COc1ccccc1-c1nn(Cc2ccccc2)cc1C(=O)N1CC[C@H]2CCCC[C@H]2C1. The van der Waals surface area contributed by atoms with Gasteiger partial charge in [0.2, 0.25) is 0 Å². The Hall–Kier alpha value is -3.08. The fourth-order valence-corrected chi connectivity index (χ4v) is 5.42. The molecular weight excluding hydrogens is 398 g/mol. The summed E-state index contributed by atoms with van der Waals surface area (Å²) in [5.41, 5.74) is 3.38. The van der Waals surface area contributed by atoms with Crippen LogP contribution in [0.15, 0.2) is 60.8 Å². The lowest BCUT2D eigenvalue weighted by molar-refractivity contribution is 0.0521. The van der Waals surface area contributed by atoms with Crippen molar-refractivity contribution in [3.63, 3.8) is 0 Å². The third-order valence-electron chi connectivity index (χ3n) is 7.12. The highest BCUT2D eigenvalue weighted by molar-refractivity contribution is 6.00. The first-order valence-corrected chi connectivity index (χ1v) is 11.8. The van der Waals surface area contributed by atoms with Crippen molar-refractivity contribution < 1.29 is 9.53 Å². The van der Waals surface area contributed by atoms with Crippen LogP contribution in [0, 0.1) is 11.8 Å². The number of carbonyl (C=O) groups excluding carboxylic acids is 1. The van der Waals surface area contributed by atoms with Gasteiger partial charge in [-0.1, -0.05) is 61.7 Å². The normalized spacial score (nSPS) is 20.6. The predicted molar refractivity (Wildman–Crippen MR) is 126 cm³/mol. The van der Waals surface area contributed by atoms with E-state index in [1.54, 1.807) is 7.11 Å². The van der Waals surface area contributed by atoms with E-state index in [4.69, 9.17) is 9.84 Å². The molecule has 1 aliphatic carbocycles. The smallest absolute Gasteiger partial charge is 0.257 e. The minimum atomic E-state index is 0.0919. The van der Waals surface area contributed by atoms with Crippen LogP contribution in [0.1, 0.15) is 48.0 Å². The van der Waals surface area contributed by atoms with Gasteiger partial charge in [0, 0.05) is 24.8 Å². The van der Waals surface area contributed by atoms with Crippen LogP contribution < -0.4 is 4.74 Å². The van der Waals surface area contributed by atoms with Crippen LogP contribution in [0.25, 0.3) is 11.3 Å². The molecule has 0 bridgehead atoms. The molecule has 1 saturated carbocycles. The summed E-state index contributed by atoms with van der Waals surface area (Å²) in [5, 5.41) is 4.87. The quantitative estimate of drug-likeness (QED) is 0.556. The molecule has 1 saturated heterocycles. The molecule has 2 aromatic carbocycles. The number of piperidine rings is 1. The number of benzene rings is 2. The van der Waals surface area contributed by atoms with Gasteiger partial charge in [-0.2, -0.15) is 5.10 Å². The predicted octanol–water partition coefficient (Wildman–Crippen LogP) is 5.26. The summed E-state index contributed by atoms with van der Waals surface area (Å²) in [5.74, 6) is 2.27. The number of hydrogen-bond donors (Lipinski definition) is 0. The molecule has 0 N–H and O–H groups in total. The van der Waals surface area contributed by atoms with Crippen molar-refractivity contribution in [1.82, 2.24) is 14.7 Å². The summed E-state index contributed by atoms with van der Waals surface area (Å²) in [6, 6.07) is 18.1. The van der Waals surface area contributed by atoms with Gasteiger partial charge in [-0.15, -0.1) is 0 Å². The van der Waals surface area contributed by atoms with Crippen LogP contribution >= 0.6 is 0 Å². The van der Waals surface area contributed by atoms with Gasteiger partial charge in [-0.05, 0) is 42.4 Å². The number of para-hydroxylation sites is 1. The van der Waals surface area contributed by atoms with Crippen LogP contribution in [0.3, 0.4) is 0 Å². The van der Waals surface area contributed by atoms with Gasteiger partial charge in [0.05, 0.1) is 19.2 Å². The Bertz CT molecular complexity index is 1080. The van der Waals surface area contributed by atoms with Crippen molar-refractivity contribution in [3.05, 3.63) is 71.9 Å². The molecule has 0 spiro atoms. The lowest BCUT2D eigenvalue weighted by atomic mass is 9.75. The van der Waals surface area contributed by atoms with Crippen molar-refractivity contribution in [2.45, 2.75) is 38.6 Å². The number of hydrogen-bond acceptors (Lipinski definition) is 3. The first kappa shape index (κ1) is 20.8. The van der Waals surface area contributed by atoms with Gasteiger partial charge in [0.1, 0.15) is 11.4 Å². The Morgan fingerprint density at radius 3 is 2.56 bits per heavy atom. The minimum Gasteiger partial charge on any atom is -0.496 e. The molecule has 2 aliphatic rings. The highest BCUT2D eigenvalue weighted by atomic mass is 16.5. The second kappa shape index (κ2) is 9.19. The molecule has 2 fully saturated rings. The summed E-state index contributed by atoms with van der Waals surface area (Å²) in [7, 11) is 1.66. The third-order valence-corrected chi connectivity index (χ3v) is 7.12. The number of carbonyl (C=O) groups is 1. The number of ether oxygens (including phenoxy) is 1. The zero-order valence-corrected chi connectivity index (χ0v) is 18.7. The van der Waals surface area contributed by atoms with Crippen molar-refractivity contribution in [2.75, 3.05) is 20.2 Å². The number of methoxy groups -OCH3 is 1. The van der Waals surface area contributed by atoms with Crippen LogP contribution in [0.4, 0.5) is 0 Å². The molecule has 0 unspecified atom stereocenters. The van der Waals surface area contributed by atoms with Crippen molar-refractivity contribution in [2.24, 2.45) is 11.8 Å². The molecule has 5 heteroatoms. The Balaban J connectivity index is 1.49. The zero-order chi connectivity index (χ0) is 21.9. The summed E-state index contributed by atoms with van der Waals surface area (Å²) in [4.78, 5) is 15.8. The van der Waals surface area contributed by atoms with Gasteiger partial charge in [-0.25, -0.2) is 0 Å². The molecule has 5 nitrogen and oxygen atoms in total. The molecule has 1 aromatic heterocycles. The van der Waals surface area contributed by atoms with Gasteiger partial charge >= 0.3 is 0 Å². The second-order valence-electron chi connectivity index (χ2n) is 9.12. The molecule has 2 heterocycles. The molecule has 166 valence electrons. The number of likely N-dealkylation sites (tertiary alicyclic amines) is 1. The fraction of sp³-hybridized carbons (Fsp3) is 0.407. The van der Waals surface area contributed by atoms with Crippen LogP contribution in [-0.2, 0) is 6.54 Å². The average Bonchev–Trinajstić information content (AvgIpc) is 3.27. The van der Waals surface area contributed by atoms with Gasteiger partial charge in [-0.3, -0.25) is 9.48 Å². The molecular formula is C27H31N3O2. The first-order chi connectivity index (χ1) is 15.7. The Kier molecular flexibility index (Phi) is 5.97. The molecule has 32 heavy (non-hydrogen) atoms. The summed E-state index contributed by atoms with van der Waals surface area (Å²) in [6.07, 6.45) is 8.27. The zero-order valence-electron chi connectivity index (χ0n) is 18.7. The van der Waals surface area contributed by atoms with E-state index in [0.29, 0.717) is 23.7 Å². The van der Waals surface area contributed by atoms with Crippen LogP contribution in [0.5, 0.6) is 5.75 Å². The number of fused-ring (bicyclic) bond motifs is 1. The van der Waals surface area contributed by atoms with E-state index in [1.807, 2.05) is 53.3 Å². The maximum atomic E-state index is 13.8. The van der Waals surface area contributed by atoms with Gasteiger partial charge in [0.25, 0.3) is 5.91 Å². The maximum absolute atomic E-state index is 13.8. The number of amides is 1. The molecule has 5 rings (SSSR count). The van der Waals surface area contributed by atoms with E-state index in [9.17, 15) is 4.79 Å². The van der Waals surface area contributed by atoms with E-state index in [-0.39, 0.29) is 5.91 Å². The first-order valence-electron chi connectivity index (χ1n) is 11.8. The van der Waals surface area contributed by atoms with E-state index >= 15 is 0 Å². The molecule has 0 radical (unpaired) electrons. The van der Waals surface area contributed by atoms with Crippen LogP contribution in [0.2, 0.25) is 0 Å². The van der Waals surface area contributed by atoms with Gasteiger partial charge < -0.3 is 9.64 Å². The van der Waals surface area contributed by atoms with Gasteiger partial charge in [0.15, 0.2) is 0 Å². The number of rotatable bonds is 5. The molecule has 3 aromatic rings. The number of nitrogens with zero attached hydrogens (tertiary/aromatic N) is 3. The molecule has 1 amide bonds. The van der Waals surface area contributed by atoms with Crippen LogP contribution in [-0.4, -0.2) is 40.8 Å². The summed E-state index contributed by atoms with van der Waals surface area (Å²) in [6.45, 7) is 2.34. The summed E-state index contributed by atoms with van der Waals surface area (Å²) < 4.78 is 7.49. The van der Waals surface area contributed by atoms with Crippen molar-refractivity contribution in [1.29, 1.82) is 0 Å². The monoisotopic (exact) mass is 429 g/mol. The Labute approximate surface area is 190 Å². The standard InChI is InChI=1S/C27H31N3O2/c1-32-25-14-8-7-13-23(25)26-24(19-30(28-26)17-20-9-3-2-4-10-20)27(31)29-16-15-21-11-5-6-12-22(21)18-29/h2-4,7-10,13-14,19,21-22H,5-6,11-12,15-18H2,1H3/t21-,22+/m1/s1. The fourth-order valence-electron chi connectivity index (χ4n) is 5.42. The Morgan fingerprint density at radius 2 is 1.75 bits per heavy atom. The second-order valence-corrected chi connectivity index (χ2v) is 9.12. The highest BCUT2D eigenvalue weighted by Gasteiger charge is 2.34. The van der Waals surface area contributed by atoms with E-state index in [1.165, 1.54) is 25.7 Å². The molecule has 1 aliphatic heterocycles.